The first kappa shape index (κ1) is 13.0. The SMILES string of the molecule is CCOC(=O)[C@@]1([C@H](O)C(C)C)CCC(=O)N1. The molecule has 0 spiro atoms. The summed E-state index contributed by atoms with van der Waals surface area (Å²) in [5.74, 6) is -0.877. The Morgan fingerprint density at radius 1 is 1.62 bits per heavy atom. The quantitative estimate of drug-likeness (QED) is 0.676. The zero-order valence-corrected chi connectivity index (χ0v) is 9.95. The number of esters is 1. The molecule has 0 bridgehead atoms. The maximum Gasteiger partial charge on any atom is 0.334 e. The molecular formula is C11H19NO4. The number of aliphatic hydroxyl groups is 1. The van der Waals surface area contributed by atoms with Crippen molar-refractivity contribution < 1.29 is 19.4 Å². The summed E-state index contributed by atoms with van der Waals surface area (Å²) in [7, 11) is 0. The van der Waals surface area contributed by atoms with Crippen LogP contribution in [0.2, 0.25) is 0 Å². The van der Waals surface area contributed by atoms with Crippen molar-refractivity contribution in [1.82, 2.24) is 5.32 Å². The number of rotatable bonds is 4. The van der Waals surface area contributed by atoms with Crippen LogP contribution >= 0.6 is 0 Å². The lowest BCUT2D eigenvalue weighted by atomic mass is 9.84. The van der Waals surface area contributed by atoms with E-state index >= 15 is 0 Å². The Hall–Kier alpha value is -1.10. The Balaban J connectivity index is 2.93. The van der Waals surface area contributed by atoms with Crippen LogP contribution in [0.5, 0.6) is 0 Å². The summed E-state index contributed by atoms with van der Waals surface area (Å²) in [6.07, 6.45) is -0.370. The molecule has 0 saturated carbocycles. The van der Waals surface area contributed by atoms with Gasteiger partial charge in [-0.2, -0.15) is 0 Å². The lowest BCUT2D eigenvalue weighted by molar-refractivity contribution is -0.158. The third kappa shape index (κ3) is 2.19. The van der Waals surface area contributed by atoms with Crippen molar-refractivity contribution in [2.45, 2.75) is 45.3 Å². The Labute approximate surface area is 95.2 Å². The number of carbonyl (C=O) groups is 2. The van der Waals surface area contributed by atoms with Crippen molar-refractivity contribution in [1.29, 1.82) is 0 Å². The topological polar surface area (TPSA) is 75.6 Å². The summed E-state index contributed by atoms with van der Waals surface area (Å²) in [5, 5.41) is 12.6. The normalized spacial score (nSPS) is 26.7. The highest BCUT2D eigenvalue weighted by atomic mass is 16.5. The number of hydrogen-bond donors (Lipinski definition) is 2. The van der Waals surface area contributed by atoms with Crippen LogP contribution in [0.3, 0.4) is 0 Å². The maximum absolute atomic E-state index is 11.9. The molecule has 1 aliphatic heterocycles. The van der Waals surface area contributed by atoms with Crippen LogP contribution < -0.4 is 5.32 Å². The van der Waals surface area contributed by atoms with E-state index in [2.05, 4.69) is 5.32 Å². The Kier molecular flexibility index (Phi) is 3.91. The maximum atomic E-state index is 11.9. The fourth-order valence-corrected chi connectivity index (χ4v) is 2.01. The molecule has 5 heteroatoms. The fraction of sp³-hybridized carbons (Fsp3) is 0.818. The van der Waals surface area contributed by atoms with Crippen molar-refractivity contribution in [2.24, 2.45) is 5.92 Å². The first-order valence-corrected chi connectivity index (χ1v) is 5.60. The van der Waals surface area contributed by atoms with E-state index in [1.807, 2.05) is 0 Å². The van der Waals surface area contributed by atoms with Gasteiger partial charge in [-0.15, -0.1) is 0 Å². The van der Waals surface area contributed by atoms with Crippen molar-refractivity contribution in [3.8, 4) is 0 Å². The van der Waals surface area contributed by atoms with Crippen LogP contribution in [0.25, 0.3) is 0 Å². The molecule has 92 valence electrons. The van der Waals surface area contributed by atoms with E-state index in [4.69, 9.17) is 4.74 Å². The highest BCUT2D eigenvalue weighted by Crippen LogP contribution is 2.29. The predicted molar refractivity (Wildman–Crippen MR) is 57.6 cm³/mol. The van der Waals surface area contributed by atoms with Crippen LogP contribution in [-0.4, -0.2) is 35.2 Å². The van der Waals surface area contributed by atoms with Gasteiger partial charge in [-0.05, 0) is 19.3 Å². The summed E-state index contributed by atoms with van der Waals surface area (Å²) < 4.78 is 4.94. The van der Waals surface area contributed by atoms with E-state index in [0.29, 0.717) is 6.42 Å². The molecule has 0 radical (unpaired) electrons. The molecule has 0 aromatic carbocycles. The molecule has 2 atom stereocenters. The standard InChI is InChI=1S/C11H19NO4/c1-4-16-10(15)11(9(14)7(2)3)6-5-8(13)12-11/h7,9,14H,4-6H2,1-3H3,(H,12,13)/t9-,11+/m1/s1. The highest BCUT2D eigenvalue weighted by Gasteiger charge is 2.52. The first-order valence-electron chi connectivity index (χ1n) is 5.60. The zero-order chi connectivity index (χ0) is 12.3. The molecule has 1 saturated heterocycles. The van der Waals surface area contributed by atoms with Crippen molar-refractivity contribution in [3.05, 3.63) is 0 Å². The number of amides is 1. The average Bonchev–Trinajstić information content (AvgIpc) is 2.61. The van der Waals surface area contributed by atoms with Gasteiger partial charge in [-0.25, -0.2) is 4.79 Å². The molecule has 1 amide bonds. The van der Waals surface area contributed by atoms with E-state index in [1.54, 1.807) is 20.8 Å². The van der Waals surface area contributed by atoms with Gasteiger partial charge in [0.15, 0.2) is 5.54 Å². The van der Waals surface area contributed by atoms with Gasteiger partial charge >= 0.3 is 5.97 Å². The van der Waals surface area contributed by atoms with Crippen LogP contribution in [0, 0.1) is 5.92 Å². The van der Waals surface area contributed by atoms with Gasteiger partial charge < -0.3 is 15.2 Å². The van der Waals surface area contributed by atoms with Gasteiger partial charge in [0.05, 0.1) is 12.7 Å². The highest BCUT2D eigenvalue weighted by molar-refractivity contribution is 5.92. The number of nitrogens with one attached hydrogen (secondary N) is 1. The van der Waals surface area contributed by atoms with Crippen LogP contribution in [-0.2, 0) is 14.3 Å². The summed E-state index contributed by atoms with van der Waals surface area (Å²) in [6, 6.07) is 0. The Morgan fingerprint density at radius 2 is 2.25 bits per heavy atom. The lowest BCUT2D eigenvalue weighted by Crippen LogP contribution is -2.60. The second-order valence-electron chi connectivity index (χ2n) is 4.43. The Morgan fingerprint density at radius 3 is 2.62 bits per heavy atom. The molecule has 16 heavy (non-hydrogen) atoms. The summed E-state index contributed by atoms with van der Waals surface area (Å²) in [4.78, 5) is 23.1. The minimum Gasteiger partial charge on any atom is -0.464 e. The molecule has 1 heterocycles. The van der Waals surface area contributed by atoms with Gasteiger partial charge in [0.2, 0.25) is 5.91 Å². The van der Waals surface area contributed by atoms with Gasteiger partial charge in [0, 0.05) is 6.42 Å². The monoisotopic (exact) mass is 229 g/mol. The molecule has 0 aromatic heterocycles. The molecule has 5 nitrogen and oxygen atoms in total. The third-order valence-corrected chi connectivity index (χ3v) is 2.88. The molecule has 0 aliphatic carbocycles. The number of hydrogen-bond acceptors (Lipinski definition) is 4. The fourth-order valence-electron chi connectivity index (χ4n) is 2.01. The molecule has 0 unspecified atom stereocenters. The average molecular weight is 229 g/mol. The van der Waals surface area contributed by atoms with Crippen molar-refractivity contribution in [3.63, 3.8) is 0 Å². The second kappa shape index (κ2) is 4.82. The summed E-state index contributed by atoms with van der Waals surface area (Å²) in [6.45, 7) is 5.54. The minimum absolute atomic E-state index is 0.122. The molecule has 1 rings (SSSR count). The third-order valence-electron chi connectivity index (χ3n) is 2.88. The van der Waals surface area contributed by atoms with Gasteiger partial charge in [0.25, 0.3) is 0 Å². The van der Waals surface area contributed by atoms with E-state index < -0.39 is 17.6 Å². The predicted octanol–water partition coefficient (Wildman–Crippen LogP) is 0.215. The van der Waals surface area contributed by atoms with E-state index in [1.165, 1.54) is 0 Å². The van der Waals surface area contributed by atoms with Gasteiger partial charge in [-0.1, -0.05) is 13.8 Å². The molecule has 1 aliphatic rings. The van der Waals surface area contributed by atoms with E-state index in [0.717, 1.165) is 0 Å². The Bertz CT molecular complexity index is 290. The summed E-state index contributed by atoms with van der Waals surface area (Å²) >= 11 is 0. The molecule has 0 aromatic rings. The molecule has 2 N–H and O–H groups in total. The molecule has 1 fully saturated rings. The largest absolute Gasteiger partial charge is 0.464 e. The van der Waals surface area contributed by atoms with E-state index in [9.17, 15) is 14.7 Å². The summed E-state index contributed by atoms with van der Waals surface area (Å²) in [5.41, 5.74) is -1.25. The minimum atomic E-state index is -1.25. The van der Waals surface area contributed by atoms with Crippen LogP contribution in [0.4, 0.5) is 0 Å². The van der Waals surface area contributed by atoms with Crippen molar-refractivity contribution in [2.75, 3.05) is 6.61 Å². The zero-order valence-electron chi connectivity index (χ0n) is 9.95. The number of carbonyl (C=O) groups excluding carboxylic acids is 2. The number of ether oxygens (including phenoxy) is 1. The smallest absolute Gasteiger partial charge is 0.334 e. The lowest BCUT2D eigenvalue weighted by Gasteiger charge is -2.33. The van der Waals surface area contributed by atoms with Crippen LogP contribution in [0.1, 0.15) is 33.6 Å². The van der Waals surface area contributed by atoms with Gasteiger partial charge in [-0.3, -0.25) is 4.79 Å². The van der Waals surface area contributed by atoms with Crippen LogP contribution in [0.15, 0.2) is 0 Å². The second-order valence-corrected chi connectivity index (χ2v) is 4.43. The molecular weight excluding hydrogens is 210 g/mol. The first-order chi connectivity index (χ1) is 7.44. The van der Waals surface area contributed by atoms with Gasteiger partial charge in [0.1, 0.15) is 0 Å². The number of aliphatic hydroxyl groups excluding tert-OH is 1. The van der Waals surface area contributed by atoms with Crippen molar-refractivity contribution >= 4 is 11.9 Å². The van der Waals surface area contributed by atoms with E-state index in [-0.39, 0.29) is 24.9 Å².